The first-order chi connectivity index (χ1) is 16.2. The van der Waals surface area contributed by atoms with E-state index in [0.717, 1.165) is 57.7 Å². The summed E-state index contributed by atoms with van der Waals surface area (Å²) in [5, 5.41) is 6.10. The summed E-state index contributed by atoms with van der Waals surface area (Å²) >= 11 is 0. The Labute approximate surface area is 196 Å². The Morgan fingerprint density at radius 1 is 0.909 bits per heavy atom. The maximum atomic E-state index is 13.0. The summed E-state index contributed by atoms with van der Waals surface area (Å²) in [4.78, 5) is 17.7. The first kappa shape index (κ1) is 20.9. The molecule has 4 heteroatoms. The molecule has 1 amide bonds. The van der Waals surface area contributed by atoms with E-state index in [4.69, 9.17) is 0 Å². The number of nitrogens with zero attached hydrogens (tertiary/aromatic N) is 2. The lowest BCUT2D eigenvalue weighted by atomic mass is 9.87. The molecule has 3 aliphatic heterocycles. The number of piperidine rings is 2. The number of hydrogen-bond donors (Lipinski definition) is 1. The molecule has 4 nitrogen and oxygen atoms in total. The normalized spacial score (nSPS) is 22.1. The molecule has 1 atom stereocenters. The number of carbonyl (C=O) groups excluding carboxylic acids is 1. The van der Waals surface area contributed by atoms with E-state index in [-0.39, 0.29) is 5.91 Å². The molecule has 3 aromatic rings. The summed E-state index contributed by atoms with van der Waals surface area (Å²) in [6.07, 6.45) is 4.66. The Morgan fingerprint density at radius 2 is 1.76 bits per heavy atom. The number of amides is 1. The van der Waals surface area contributed by atoms with Gasteiger partial charge in [0.05, 0.1) is 0 Å². The summed E-state index contributed by atoms with van der Waals surface area (Å²) in [7, 11) is 0. The van der Waals surface area contributed by atoms with Gasteiger partial charge in [0.25, 0.3) is 5.91 Å². The summed E-state index contributed by atoms with van der Waals surface area (Å²) in [6.45, 7) is 6.09. The van der Waals surface area contributed by atoms with E-state index < -0.39 is 0 Å². The van der Waals surface area contributed by atoms with Crippen molar-refractivity contribution in [2.45, 2.75) is 50.7 Å². The molecule has 3 aliphatic rings. The van der Waals surface area contributed by atoms with Crippen LogP contribution in [0.2, 0.25) is 0 Å². The van der Waals surface area contributed by atoms with Crippen LogP contribution in [0.4, 0.5) is 0 Å². The fourth-order valence-electron chi connectivity index (χ4n) is 6.03. The molecule has 2 saturated heterocycles. The highest BCUT2D eigenvalue weighted by Crippen LogP contribution is 2.33. The summed E-state index contributed by atoms with van der Waals surface area (Å²) in [5.74, 6) is 0.833. The molecule has 33 heavy (non-hydrogen) atoms. The van der Waals surface area contributed by atoms with Gasteiger partial charge in [0, 0.05) is 31.2 Å². The quantitative estimate of drug-likeness (QED) is 0.626. The molecule has 0 saturated carbocycles. The van der Waals surface area contributed by atoms with E-state index in [9.17, 15) is 4.79 Å². The molecule has 0 bridgehead atoms. The van der Waals surface area contributed by atoms with Crippen LogP contribution >= 0.6 is 0 Å². The standard InChI is InChI=1S/C29H33N3O/c33-29-28-10-9-25(17-26(28)20-32(29)27-6-3-13-30-18-27)23-11-14-31(15-12-23)19-21-7-8-22-4-1-2-5-24(22)16-21/h1-2,4-5,7-10,16-17,23,27,30H,3,6,11-15,18-20H2. The fourth-order valence-corrected chi connectivity index (χ4v) is 6.03. The largest absolute Gasteiger partial charge is 0.330 e. The molecule has 1 unspecified atom stereocenters. The topological polar surface area (TPSA) is 35.6 Å². The zero-order valence-corrected chi connectivity index (χ0v) is 19.3. The minimum Gasteiger partial charge on any atom is -0.330 e. The predicted molar refractivity (Wildman–Crippen MR) is 133 cm³/mol. The Kier molecular flexibility index (Phi) is 5.65. The minimum absolute atomic E-state index is 0.232. The Morgan fingerprint density at radius 3 is 2.58 bits per heavy atom. The van der Waals surface area contributed by atoms with Gasteiger partial charge < -0.3 is 10.2 Å². The van der Waals surface area contributed by atoms with E-state index in [1.165, 1.54) is 40.3 Å². The summed E-state index contributed by atoms with van der Waals surface area (Å²) < 4.78 is 0. The van der Waals surface area contributed by atoms with E-state index in [1.807, 2.05) is 0 Å². The summed E-state index contributed by atoms with van der Waals surface area (Å²) in [5.41, 5.74) is 5.00. The smallest absolute Gasteiger partial charge is 0.254 e. The second kappa shape index (κ2) is 8.92. The van der Waals surface area contributed by atoms with Crippen molar-refractivity contribution < 1.29 is 4.79 Å². The van der Waals surface area contributed by atoms with Gasteiger partial charge in [0.2, 0.25) is 0 Å². The van der Waals surface area contributed by atoms with Crippen LogP contribution in [-0.4, -0.2) is 47.9 Å². The monoisotopic (exact) mass is 439 g/mol. The molecule has 1 N–H and O–H groups in total. The van der Waals surface area contributed by atoms with Gasteiger partial charge >= 0.3 is 0 Å². The van der Waals surface area contributed by atoms with Crippen molar-refractivity contribution in [3.05, 3.63) is 82.9 Å². The molecule has 0 spiro atoms. The van der Waals surface area contributed by atoms with E-state index >= 15 is 0 Å². The van der Waals surface area contributed by atoms with Crippen molar-refractivity contribution >= 4 is 16.7 Å². The number of likely N-dealkylation sites (tertiary alicyclic amines) is 1. The molecule has 2 fully saturated rings. The summed E-state index contributed by atoms with van der Waals surface area (Å²) in [6, 6.07) is 22.5. The highest BCUT2D eigenvalue weighted by molar-refractivity contribution is 5.98. The second-order valence-electron chi connectivity index (χ2n) is 10.1. The van der Waals surface area contributed by atoms with Crippen molar-refractivity contribution in [1.82, 2.24) is 15.1 Å². The number of hydrogen-bond acceptors (Lipinski definition) is 3. The molecule has 0 radical (unpaired) electrons. The van der Waals surface area contributed by atoms with Gasteiger partial charge in [0.1, 0.15) is 0 Å². The van der Waals surface area contributed by atoms with Crippen LogP contribution in [0, 0.1) is 0 Å². The third-order valence-electron chi connectivity index (χ3n) is 7.95. The van der Waals surface area contributed by atoms with Gasteiger partial charge in [0.15, 0.2) is 0 Å². The molecule has 0 aromatic heterocycles. The SMILES string of the molecule is O=C1c2ccc(C3CCN(Cc4ccc5ccccc5c4)CC3)cc2CN1C1CCCNC1. The molecular weight excluding hydrogens is 406 g/mol. The predicted octanol–water partition coefficient (Wildman–Crippen LogP) is 4.93. The van der Waals surface area contributed by atoms with Crippen molar-refractivity contribution in [1.29, 1.82) is 0 Å². The molecule has 170 valence electrons. The first-order valence-corrected chi connectivity index (χ1v) is 12.6. The van der Waals surface area contributed by atoms with Gasteiger partial charge in [-0.1, -0.05) is 48.5 Å². The van der Waals surface area contributed by atoms with Crippen LogP contribution in [0.1, 0.15) is 58.6 Å². The van der Waals surface area contributed by atoms with Crippen molar-refractivity contribution in [2.24, 2.45) is 0 Å². The molecule has 3 aromatic carbocycles. The maximum absolute atomic E-state index is 13.0. The van der Waals surface area contributed by atoms with E-state index in [0.29, 0.717) is 12.0 Å². The lowest BCUT2D eigenvalue weighted by Gasteiger charge is -2.32. The molecule has 0 aliphatic carbocycles. The lowest BCUT2D eigenvalue weighted by Crippen LogP contribution is -2.46. The zero-order valence-electron chi connectivity index (χ0n) is 19.3. The number of carbonyl (C=O) groups is 1. The minimum atomic E-state index is 0.232. The van der Waals surface area contributed by atoms with E-state index in [2.05, 4.69) is 75.8 Å². The fraction of sp³-hybridized carbons (Fsp3) is 0.414. The van der Waals surface area contributed by atoms with E-state index in [1.54, 1.807) is 0 Å². The number of benzene rings is 3. The first-order valence-electron chi connectivity index (χ1n) is 12.6. The average molecular weight is 440 g/mol. The van der Waals surface area contributed by atoms with Crippen molar-refractivity contribution in [2.75, 3.05) is 26.2 Å². The van der Waals surface area contributed by atoms with Crippen molar-refractivity contribution in [3.8, 4) is 0 Å². The van der Waals surface area contributed by atoms with Gasteiger partial charge in [-0.2, -0.15) is 0 Å². The Hall–Kier alpha value is -2.69. The third kappa shape index (κ3) is 4.18. The van der Waals surface area contributed by atoms with Crippen LogP contribution < -0.4 is 5.32 Å². The average Bonchev–Trinajstić information content (AvgIpc) is 3.21. The zero-order chi connectivity index (χ0) is 22.2. The van der Waals surface area contributed by atoms with Crippen LogP contribution in [0.3, 0.4) is 0 Å². The molecule has 3 heterocycles. The third-order valence-corrected chi connectivity index (χ3v) is 7.95. The van der Waals surface area contributed by atoms with Crippen LogP contribution in [0.25, 0.3) is 10.8 Å². The molecule has 6 rings (SSSR count). The number of rotatable bonds is 4. The van der Waals surface area contributed by atoms with Gasteiger partial charge in [-0.25, -0.2) is 0 Å². The van der Waals surface area contributed by atoms with Gasteiger partial charge in [-0.05, 0) is 90.8 Å². The van der Waals surface area contributed by atoms with Crippen LogP contribution in [0.5, 0.6) is 0 Å². The maximum Gasteiger partial charge on any atom is 0.254 e. The van der Waals surface area contributed by atoms with Gasteiger partial charge in [-0.15, -0.1) is 0 Å². The number of fused-ring (bicyclic) bond motifs is 2. The Bertz CT molecular complexity index is 1160. The van der Waals surface area contributed by atoms with Crippen molar-refractivity contribution in [3.63, 3.8) is 0 Å². The van der Waals surface area contributed by atoms with Crippen LogP contribution in [0.15, 0.2) is 60.7 Å². The Balaban J connectivity index is 1.09. The highest BCUT2D eigenvalue weighted by atomic mass is 16.2. The van der Waals surface area contributed by atoms with Gasteiger partial charge in [-0.3, -0.25) is 9.69 Å². The highest BCUT2D eigenvalue weighted by Gasteiger charge is 2.34. The van der Waals surface area contributed by atoms with Crippen LogP contribution in [-0.2, 0) is 13.1 Å². The molecular formula is C29H33N3O. The second-order valence-corrected chi connectivity index (χ2v) is 10.1. The number of nitrogens with one attached hydrogen (secondary N) is 1. The lowest BCUT2D eigenvalue weighted by molar-refractivity contribution is 0.0674.